The van der Waals surface area contributed by atoms with Crippen LogP contribution in [0.2, 0.25) is 0 Å². The van der Waals surface area contributed by atoms with E-state index >= 15 is 0 Å². The molecule has 5 rings (SSSR count). The Labute approximate surface area is 186 Å². The molecule has 3 aliphatic rings. The van der Waals surface area contributed by atoms with Crippen LogP contribution >= 0.6 is 0 Å². The highest BCUT2D eigenvalue weighted by Crippen LogP contribution is 2.40. The second kappa shape index (κ2) is 9.35. The third-order valence-corrected chi connectivity index (χ3v) is 6.68. The van der Waals surface area contributed by atoms with Crippen molar-refractivity contribution in [2.75, 3.05) is 0 Å². The number of rotatable bonds is 5. The molecule has 0 aromatic heterocycles. The Balaban J connectivity index is 1.43. The Hall–Kier alpha value is -3.12. The van der Waals surface area contributed by atoms with Crippen LogP contribution in [0.1, 0.15) is 43.6 Å². The Morgan fingerprint density at radius 1 is 0.742 bits per heavy atom. The fourth-order valence-corrected chi connectivity index (χ4v) is 4.99. The lowest BCUT2D eigenvalue weighted by atomic mass is 9.77. The van der Waals surface area contributed by atoms with Crippen molar-refractivity contribution in [3.05, 3.63) is 132 Å². The maximum atomic E-state index is 2.49. The molecule has 0 N–H and O–H groups in total. The molecule has 3 aliphatic carbocycles. The number of benzene rings is 2. The van der Waals surface area contributed by atoms with Gasteiger partial charge in [-0.15, -0.1) is 0 Å². The van der Waals surface area contributed by atoms with E-state index in [4.69, 9.17) is 0 Å². The lowest BCUT2D eigenvalue weighted by Crippen LogP contribution is -2.11. The quantitative estimate of drug-likeness (QED) is 0.470. The van der Waals surface area contributed by atoms with Crippen LogP contribution < -0.4 is 0 Å². The van der Waals surface area contributed by atoms with E-state index < -0.39 is 0 Å². The molecule has 0 heteroatoms. The van der Waals surface area contributed by atoms with Crippen LogP contribution in [0, 0.1) is 5.92 Å². The van der Waals surface area contributed by atoms with Gasteiger partial charge in [0.15, 0.2) is 0 Å². The van der Waals surface area contributed by atoms with E-state index in [1.807, 2.05) is 0 Å². The molecule has 2 unspecified atom stereocenters. The van der Waals surface area contributed by atoms with E-state index in [-0.39, 0.29) is 0 Å². The molecule has 0 amide bonds. The topological polar surface area (TPSA) is 0 Å². The first-order chi connectivity index (χ1) is 15.4. The molecule has 0 bridgehead atoms. The fourth-order valence-electron chi connectivity index (χ4n) is 4.99. The first-order valence-corrected chi connectivity index (χ1v) is 11.6. The minimum Gasteiger partial charge on any atom is -0.0842 e. The molecular formula is C31H30. The lowest BCUT2D eigenvalue weighted by molar-refractivity contribution is 0.744. The summed E-state index contributed by atoms with van der Waals surface area (Å²) in [5, 5.41) is 0. The summed E-state index contributed by atoms with van der Waals surface area (Å²) in [7, 11) is 0. The molecule has 2 aromatic carbocycles. The van der Waals surface area contributed by atoms with Crippen LogP contribution in [0.25, 0.3) is 11.1 Å². The molecule has 0 heterocycles. The summed E-state index contributed by atoms with van der Waals surface area (Å²) >= 11 is 0. The Morgan fingerprint density at radius 3 is 2.26 bits per heavy atom. The van der Waals surface area contributed by atoms with Gasteiger partial charge in [-0.2, -0.15) is 0 Å². The van der Waals surface area contributed by atoms with Crippen LogP contribution in [0.4, 0.5) is 0 Å². The SMILES string of the molecule is C1=CCCC(C(C2=CCC(C3=CCCC=C3)C=C2)c2ccc(-c3ccccc3)cc2)=C1. The Morgan fingerprint density at radius 2 is 1.58 bits per heavy atom. The van der Waals surface area contributed by atoms with E-state index in [1.165, 1.54) is 46.3 Å². The van der Waals surface area contributed by atoms with Gasteiger partial charge in [0.1, 0.15) is 0 Å². The third kappa shape index (κ3) is 4.49. The van der Waals surface area contributed by atoms with E-state index in [0.29, 0.717) is 11.8 Å². The molecule has 2 atom stereocenters. The zero-order valence-corrected chi connectivity index (χ0v) is 18.1. The van der Waals surface area contributed by atoms with Gasteiger partial charge in [0, 0.05) is 11.8 Å². The van der Waals surface area contributed by atoms with Gasteiger partial charge in [0.05, 0.1) is 0 Å². The van der Waals surface area contributed by atoms with E-state index in [2.05, 4.69) is 109 Å². The molecule has 31 heavy (non-hydrogen) atoms. The van der Waals surface area contributed by atoms with Crippen molar-refractivity contribution in [1.29, 1.82) is 0 Å². The molecule has 0 fully saturated rings. The second-order valence-corrected chi connectivity index (χ2v) is 8.72. The van der Waals surface area contributed by atoms with Crippen LogP contribution in [0.15, 0.2) is 126 Å². The number of hydrogen-bond acceptors (Lipinski definition) is 0. The van der Waals surface area contributed by atoms with Crippen molar-refractivity contribution >= 4 is 0 Å². The first kappa shape index (κ1) is 19.8. The highest BCUT2D eigenvalue weighted by molar-refractivity contribution is 5.64. The lowest BCUT2D eigenvalue weighted by Gasteiger charge is -2.27. The van der Waals surface area contributed by atoms with Crippen LogP contribution in [-0.2, 0) is 0 Å². The normalized spacial score (nSPS) is 21.3. The predicted octanol–water partition coefficient (Wildman–Crippen LogP) is 8.49. The van der Waals surface area contributed by atoms with E-state index in [1.54, 1.807) is 0 Å². The van der Waals surface area contributed by atoms with Gasteiger partial charge < -0.3 is 0 Å². The van der Waals surface area contributed by atoms with Gasteiger partial charge >= 0.3 is 0 Å². The van der Waals surface area contributed by atoms with Gasteiger partial charge in [0.25, 0.3) is 0 Å². The summed E-state index contributed by atoms with van der Waals surface area (Å²) in [6.07, 6.45) is 27.0. The molecule has 0 nitrogen and oxygen atoms in total. The summed E-state index contributed by atoms with van der Waals surface area (Å²) in [5.74, 6) is 0.879. The van der Waals surface area contributed by atoms with Crippen molar-refractivity contribution in [3.63, 3.8) is 0 Å². The summed E-state index contributed by atoms with van der Waals surface area (Å²) in [4.78, 5) is 0. The third-order valence-electron chi connectivity index (χ3n) is 6.68. The largest absolute Gasteiger partial charge is 0.0842 e. The molecule has 154 valence electrons. The average molecular weight is 403 g/mol. The minimum absolute atomic E-state index is 0.350. The second-order valence-electron chi connectivity index (χ2n) is 8.72. The fraction of sp³-hybridized carbons (Fsp3) is 0.226. The van der Waals surface area contributed by atoms with Gasteiger partial charge in [-0.1, -0.05) is 115 Å². The minimum atomic E-state index is 0.350. The maximum absolute atomic E-state index is 2.49. The highest BCUT2D eigenvalue weighted by atomic mass is 14.3. The molecule has 0 saturated carbocycles. The van der Waals surface area contributed by atoms with Gasteiger partial charge in [0.2, 0.25) is 0 Å². The standard InChI is InChI=1S/C31H30/c1-4-10-24(11-5-1)26-16-20-29(21-17-26)31(28-14-8-3-9-15-28)30-22-18-27(19-23-30)25-12-6-2-7-13-25/h1,3-6,8,10-14,16-18,20-23,27,31H,2,7,9,15,19H2. The van der Waals surface area contributed by atoms with Crippen molar-refractivity contribution in [1.82, 2.24) is 0 Å². The summed E-state index contributed by atoms with van der Waals surface area (Å²) < 4.78 is 0. The van der Waals surface area contributed by atoms with E-state index in [9.17, 15) is 0 Å². The Kier molecular flexibility index (Phi) is 5.98. The van der Waals surface area contributed by atoms with E-state index in [0.717, 1.165) is 19.3 Å². The van der Waals surface area contributed by atoms with Crippen molar-refractivity contribution in [2.45, 2.75) is 38.0 Å². The van der Waals surface area contributed by atoms with Crippen molar-refractivity contribution < 1.29 is 0 Å². The van der Waals surface area contributed by atoms with Gasteiger partial charge in [-0.05, 0) is 59.9 Å². The highest BCUT2D eigenvalue weighted by Gasteiger charge is 2.23. The van der Waals surface area contributed by atoms with Crippen molar-refractivity contribution in [3.8, 4) is 11.1 Å². The summed E-state index contributed by atoms with van der Waals surface area (Å²) in [6.45, 7) is 0. The van der Waals surface area contributed by atoms with Crippen molar-refractivity contribution in [2.24, 2.45) is 5.92 Å². The predicted molar refractivity (Wildman–Crippen MR) is 133 cm³/mol. The molecule has 0 aliphatic heterocycles. The van der Waals surface area contributed by atoms with Crippen LogP contribution in [0.5, 0.6) is 0 Å². The molecule has 2 aromatic rings. The average Bonchev–Trinajstić information content (AvgIpc) is 2.87. The zero-order valence-electron chi connectivity index (χ0n) is 18.1. The van der Waals surface area contributed by atoms with Gasteiger partial charge in [-0.3, -0.25) is 0 Å². The first-order valence-electron chi connectivity index (χ1n) is 11.6. The number of allylic oxidation sites excluding steroid dienone is 12. The zero-order chi connectivity index (χ0) is 20.9. The van der Waals surface area contributed by atoms with Crippen LogP contribution in [-0.4, -0.2) is 0 Å². The molecule has 0 saturated heterocycles. The summed E-state index contributed by atoms with van der Waals surface area (Å²) in [6, 6.07) is 19.9. The molecule has 0 radical (unpaired) electrons. The number of hydrogen-bond donors (Lipinski definition) is 0. The monoisotopic (exact) mass is 402 g/mol. The maximum Gasteiger partial charge on any atom is 0.0298 e. The summed E-state index contributed by atoms with van der Waals surface area (Å²) in [5.41, 5.74) is 8.42. The van der Waals surface area contributed by atoms with Gasteiger partial charge in [-0.25, -0.2) is 0 Å². The molecular weight excluding hydrogens is 372 g/mol. The van der Waals surface area contributed by atoms with Crippen LogP contribution in [0.3, 0.4) is 0 Å². The molecule has 0 spiro atoms. The smallest absolute Gasteiger partial charge is 0.0298 e. The Bertz CT molecular complexity index is 1080.